The Kier molecular flexibility index (Phi) is 5.41. The van der Waals surface area contributed by atoms with E-state index in [0.717, 1.165) is 11.1 Å². The average molecular weight is 284 g/mol. The van der Waals surface area contributed by atoms with Crippen molar-refractivity contribution in [3.05, 3.63) is 29.3 Å². The first kappa shape index (κ1) is 16.0. The summed E-state index contributed by atoms with van der Waals surface area (Å²) in [7, 11) is -3.50. The first-order valence-electron chi connectivity index (χ1n) is 6.74. The van der Waals surface area contributed by atoms with Crippen molar-refractivity contribution in [2.45, 2.75) is 47.0 Å². The van der Waals surface area contributed by atoms with Crippen LogP contribution in [0, 0.1) is 12.8 Å². The van der Waals surface area contributed by atoms with E-state index >= 15 is 0 Å². The van der Waals surface area contributed by atoms with Crippen LogP contribution in [0.5, 0.6) is 5.75 Å². The normalized spacial score (nSPS) is 12.2. The fourth-order valence-electron chi connectivity index (χ4n) is 1.75. The molecular weight excluding hydrogens is 260 g/mol. The molecule has 0 aliphatic carbocycles. The van der Waals surface area contributed by atoms with Crippen molar-refractivity contribution in [2.75, 3.05) is 5.75 Å². The Labute approximate surface area is 117 Å². The topological polar surface area (TPSA) is 43.4 Å². The van der Waals surface area contributed by atoms with Crippen molar-refractivity contribution in [1.82, 2.24) is 0 Å². The molecule has 0 saturated heterocycles. The first-order valence-corrected chi connectivity index (χ1v) is 8.31. The fourth-order valence-corrected chi connectivity index (χ4v) is 3.01. The molecule has 1 rings (SSSR count). The molecule has 0 atom stereocenters. The molecule has 1 aromatic rings. The van der Waals surface area contributed by atoms with Crippen LogP contribution < -0.4 is 4.18 Å². The van der Waals surface area contributed by atoms with Gasteiger partial charge in [-0.1, -0.05) is 39.8 Å². The van der Waals surface area contributed by atoms with E-state index in [9.17, 15) is 8.42 Å². The quantitative estimate of drug-likeness (QED) is 0.745. The minimum Gasteiger partial charge on any atom is -0.382 e. The third kappa shape index (κ3) is 5.23. The van der Waals surface area contributed by atoms with Gasteiger partial charge in [0.05, 0.1) is 5.75 Å². The van der Waals surface area contributed by atoms with Crippen molar-refractivity contribution >= 4 is 10.1 Å². The first-order chi connectivity index (χ1) is 8.71. The Bertz CT molecular complexity index is 516. The predicted molar refractivity (Wildman–Crippen MR) is 79.1 cm³/mol. The molecule has 0 bridgehead atoms. The molecular formula is C15H24O3S. The zero-order valence-corrected chi connectivity index (χ0v) is 13.3. The van der Waals surface area contributed by atoms with Gasteiger partial charge in [0.1, 0.15) is 5.75 Å². The lowest BCUT2D eigenvalue weighted by Crippen LogP contribution is -2.16. The van der Waals surface area contributed by atoms with E-state index in [0.29, 0.717) is 18.1 Å². The molecule has 1 aromatic carbocycles. The van der Waals surface area contributed by atoms with Crippen LogP contribution in [-0.2, 0) is 10.1 Å². The van der Waals surface area contributed by atoms with E-state index in [1.54, 1.807) is 6.07 Å². The molecule has 0 amide bonds. The van der Waals surface area contributed by atoms with Gasteiger partial charge in [-0.2, -0.15) is 8.42 Å². The Hall–Kier alpha value is -1.03. The summed E-state index contributed by atoms with van der Waals surface area (Å²) in [6.45, 7) is 9.98. The summed E-state index contributed by atoms with van der Waals surface area (Å²) in [5.41, 5.74) is 1.93. The Morgan fingerprint density at radius 2 is 1.79 bits per heavy atom. The Morgan fingerprint density at radius 3 is 2.32 bits per heavy atom. The summed E-state index contributed by atoms with van der Waals surface area (Å²) in [6.07, 6.45) is 0.616. The van der Waals surface area contributed by atoms with Crippen molar-refractivity contribution in [3.63, 3.8) is 0 Å². The van der Waals surface area contributed by atoms with Gasteiger partial charge in [-0.25, -0.2) is 0 Å². The second-order valence-electron chi connectivity index (χ2n) is 5.72. The van der Waals surface area contributed by atoms with Crippen LogP contribution in [0.4, 0.5) is 0 Å². The van der Waals surface area contributed by atoms with Gasteiger partial charge in [0.15, 0.2) is 0 Å². The van der Waals surface area contributed by atoms with Gasteiger partial charge >= 0.3 is 10.1 Å². The molecule has 4 heteroatoms. The summed E-state index contributed by atoms with van der Waals surface area (Å²) in [5.74, 6) is 1.12. The van der Waals surface area contributed by atoms with Gasteiger partial charge in [0.25, 0.3) is 0 Å². The molecule has 0 N–H and O–H groups in total. The summed E-state index contributed by atoms with van der Waals surface area (Å²) in [6, 6.07) is 5.71. The smallest absolute Gasteiger partial charge is 0.309 e. The monoisotopic (exact) mass is 284 g/mol. The third-order valence-corrected chi connectivity index (χ3v) is 4.12. The zero-order chi connectivity index (χ0) is 14.6. The van der Waals surface area contributed by atoms with E-state index in [4.69, 9.17) is 4.18 Å². The molecule has 0 spiro atoms. The molecule has 0 aliphatic rings. The SMILES string of the molecule is Cc1ccc(C(C)C)c(OS(=O)(=O)CCC(C)C)c1. The summed E-state index contributed by atoms with van der Waals surface area (Å²) >= 11 is 0. The molecule has 0 aliphatic heterocycles. The van der Waals surface area contributed by atoms with Gasteiger partial charge in [-0.15, -0.1) is 0 Å². The van der Waals surface area contributed by atoms with Crippen molar-refractivity contribution < 1.29 is 12.6 Å². The lowest BCUT2D eigenvalue weighted by Gasteiger charge is -2.15. The van der Waals surface area contributed by atoms with E-state index in [1.807, 2.05) is 46.8 Å². The molecule has 0 aromatic heterocycles. The van der Waals surface area contributed by atoms with Crippen molar-refractivity contribution in [1.29, 1.82) is 0 Å². The van der Waals surface area contributed by atoms with Crippen molar-refractivity contribution in [3.8, 4) is 5.75 Å². The highest BCUT2D eigenvalue weighted by molar-refractivity contribution is 7.87. The van der Waals surface area contributed by atoms with Crippen LogP contribution in [0.15, 0.2) is 18.2 Å². The lowest BCUT2D eigenvalue weighted by atomic mass is 10.0. The third-order valence-electron chi connectivity index (χ3n) is 2.95. The van der Waals surface area contributed by atoms with E-state index in [-0.39, 0.29) is 11.7 Å². The van der Waals surface area contributed by atoms with Crippen LogP contribution in [0.2, 0.25) is 0 Å². The zero-order valence-electron chi connectivity index (χ0n) is 12.4. The van der Waals surface area contributed by atoms with Crippen LogP contribution in [0.1, 0.15) is 51.2 Å². The van der Waals surface area contributed by atoms with Crippen LogP contribution in [0.25, 0.3) is 0 Å². The number of benzene rings is 1. The minimum absolute atomic E-state index is 0.0656. The molecule has 0 unspecified atom stereocenters. The number of hydrogen-bond acceptors (Lipinski definition) is 3. The maximum absolute atomic E-state index is 12.0. The maximum Gasteiger partial charge on any atom is 0.309 e. The molecule has 0 heterocycles. The molecule has 19 heavy (non-hydrogen) atoms. The largest absolute Gasteiger partial charge is 0.382 e. The maximum atomic E-state index is 12.0. The van der Waals surface area contributed by atoms with E-state index in [2.05, 4.69) is 0 Å². The number of aryl methyl sites for hydroxylation is 1. The summed E-state index contributed by atoms with van der Waals surface area (Å²) in [4.78, 5) is 0. The van der Waals surface area contributed by atoms with E-state index < -0.39 is 10.1 Å². The minimum atomic E-state index is -3.50. The Morgan fingerprint density at radius 1 is 1.16 bits per heavy atom. The van der Waals surface area contributed by atoms with Gasteiger partial charge in [0, 0.05) is 0 Å². The van der Waals surface area contributed by atoms with Gasteiger partial charge in [0.2, 0.25) is 0 Å². The number of rotatable bonds is 6. The highest BCUT2D eigenvalue weighted by Gasteiger charge is 2.17. The molecule has 0 radical (unpaired) electrons. The van der Waals surface area contributed by atoms with Crippen LogP contribution in [0.3, 0.4) is 0 Å². The van der Waals surface area contributed by atoms with Crippen LogP contribution in [-0.4, -0.2) is 14.2 Å². The number of hydrogen-bond donors (Lipinski definition) is 0. The van der Waals surface area contributed by atoms with E-state index in [1.165, 1.54) is 0 Å². The van der Waals surface area contributed by atoms with Crippen molar-refractivity contribution in [2.24, 2.45) is 5.92 Å². The highest BCUT2D eigenvalue weighted by Crippen LogP contribution is 2.28. The molecule has 0 fully saturated rings. The summed E-state index contributed by atoms with van der Waals surface area (Å²) < 4.78 is 29.2. The fraction of sp³-hybridized carbons (Fsp3) is 0.600. The molecule has 3 nitrogen and oxygen atoms in total. The lowest BCUT2D eigenvalue weighted by molar-refractivity contribution is 0.473. The van der Waals surface area contributed by atoms with Gasteiger partial charge in [-0.3, -0.25) is 0 Å². The second-order valence-corrected chi connectivity index (χ2v) is 7.41. The Balaban J connectivity index is 2.95. The van der Waals surface area contributed by atoms with Gasteiger partial charge in [-0.05, 0) is 42.4 Å². The second kappa shape index (κ2) is 6.42. The standard InChI is InChI=1S/C15H24O3S/c1-11(2)8-9-19(16,17)18-15-10-13(5)6-7-14(15)12(3)4/h6-7,10-12H,8-9H2,1-5H3. The summed E-state index contributed by atoms with van der Waals surface area (Å²) in [5, 5.41) is 0. The predicted octanol–water partition coefficient (Wildman–Crippen LogP) is 3.87. The highest BCUT2D eigenvalue weighted by atomic mass is 32.2. The molecule has 0 saturated carbocycles. The average Bonchev–Trinajstić information content (AvgIpc) is 2.25. The van der Waals surface area contributed by atoms with Gasteiger partial charge < -0.3 is 4.18 Å². The van der Waals surface area contributed by atoms with Crippen LogP contribution >= 0.6 is 0 Å². The molecule has 108 valence electrons.